The predicted octanol–water partition coefficient (Wildman–Crippen LogP) is 5.81. The minimum Gasteiger partial charge on any atom is -0.471 e. The number of primary amides is 1. The Hall–Kier alpha value is -7.47. The number of halogens is 4. The number of aromatic nitrogens is 4. The number of unbranched alkanes of at least 4 members (excludes halogenated alkanes) is 1. The number of hydrogen-bond acceptors (Lipinski definition) is 13. The normalized spacial score (nSPS) is 18.0. The van der Waals surface area contributed by atoms with E-state index in [0.29, 0.717) is 42.8 Å². The van der Waals surface area contributed by atoms with Gasteiger partial charge in [-0.3, -0.25) is 28.8 Å². The van der Waals surface area contributed by atoms with Gasteiger partial charge in [0.1, 0.15) is 29.5 Å². The first-order valence-corrected chi connectivity index (χ1v) is 26.5. The average Bonchev–Trinajstić information content (AvgIpc) is 4.17. The van der Waals surface area contributed by atoms with Gasteiger partial charge in [0.2, 0.25) is 35.4 Å². The molecular weight excluding hydrogens is 1040 g/mol. The molecule has 2 aliphatic rings. The van der Waals surface area contributed by atoms with Gasteiger partial charge in [-0.1, -0.05) is 57.2 Å². The van der Waals surface area contributed by atoms with Crippen molar-refractivity contribution in [3.8, 4) is 33.3 Å². The van der Waals surface area contributed by atoms with Gasteiger partial charge in [0.15, 0.2) is 6.17 Å². The van der Waals surface area contributed by atoms with E-state index in [4.69, 9.17) is 10.5 Å². The number of benzene rings is 2. The summed E-state index contributed by atoms with van der Waals surface area (Å²) in [7, 11) is 0. The van der Waals surface area contributed by atoms with Gasteiger partial charge in [-0.2, -0.15) is 0 Å². The molecule has 2 saturated heterocycles. The maximum Gasteiger partial charge on any atom is 0.573 e. The number of nitrogens with two attached hydrogens (primary N) is 1. The number of amides is 6. The van der Waals surface area contributed by atoms with Crippen LogP contribution < -0.4 is 31.2 Å². The molecule has 78 heavy (non-hydrogen) atoms. The van der Waals surface area contributed by atoms with E-state index in [1.807, 2.05) is 35.8 Å². The van der Waals surface area contributed by atoms with Gasteiger partial charge < -0.3 is 50.6 Å². The van der Waals surface area contributed by atoms with Gasteiger partial charge >= 0.3 is 6.36 Å². The molecule has 6 amide bonds. The fourth-order valence-electron chi connectivity index (χ4n) is 9.13. The summed E-state index contributed by atoms with van der Waals surface area (Å²) < 4.78 is 64.4. The molecular formula is C54H64F4N10O9S. The number of hydrogen-bond donors (Lipinski definition) is 5. The zero-order valence-corrected chi connectivity index (χ0v) is 44.5. The number of likely N-dealkylation sites (tertiary alicyclic amines) is 2. The number of aryl methyl sites for hydroxylation is 2. The number of alkyl halides is 4. The zero-order chi connectivity index (χ0) is 56.3. The molecule has 418 valence electrons. The number of carbonyl (C=O) groups is 6. The number of nitrogens with zero attached hydrogens (tertiary/aromatic N) is 6. The third-order valence-corrected chi connectivity index (χ3v) is 14.3. The summed E-state index contributed by atoms with van der Waals surface area (Å²) in [5.41, 5.74) is 10.8. The minimum absolute atomic E-state index is 0.0166. The van der Waals surface area contributed by atoms with Crippen LogP contribution in [0.4, 0.5) is 17.6 Å². The number of carbonyl (C=O) groups excluding carboxylic acids is 6. The monoisotopic (exact) mass is 1100 g/mol. The maximum absolute atomic E-state index is 15.4. The van der Waals surface area contributed by atoms with Crippen LogP contribution in [-0.4, -0.2) is 133 Å². The molecule has 24 heteroatoms. The van der Waals surface area contributed by atoms with Crippen molar-refractivity contribution in [1.29, 1.82) is 0 Å². The van der Waals surface area contributed by atoms with Crippen molar-refractivity contribution in [3.05, 3.63) is 101 Å². The number of rotatable bonds is 22. The average molecular weight is 1110 g/mol. The van der Waals surface area contributed by atoms with Crippen LogP contribution in [0.15, 0.2) is 78.8 Å². The number of β-amino-alcohol motifs (C(OH)–C–C–N with tert-alkyl or cyclic N) is 1. The molecule has 2 fully saturated rings. The molecule has 0 aliphatic carbocycles. The number of aliphatic hydroxyl groups excluding tert-OH is 1. The van der Waals surface area contributed by atoms with Gasteiger partial charge in [0.05, 0.1) is 47.2 Å². The highest BCUT2D eigenvalue weighted by molar-refractivity contribution is 7.13. The molecule has 5 atom stereocenters. The van der Waals surface area contributed by atoms with E-state index in [0.717, 1.165) is 33.8 Å². The van der Waals surface area contributed by atoms with Crippen molar-refractivity contribution >= 4 is 46.8 Å². The lowest BCUT2D eigenvalue weighted by molar-refractivity contribution is -0.274. The van der Waals surface area contributed by atoms with Crippen LogP contribution in [0.2, 0.25) is 0 Å². The largest absolute Gasteiger partial charge is 0.573 e. The minimum atomic E-state index is -4.85. The third-order valence-electron chi connectivity index (χ3n) is 13.3. The molecule has 2 aliphatic heterocycles. The molecule has 3 aromatic heterocycles. The lowest BCUT2D eigenvalue weighted by Gasteiger charge is -2.35. The fourth-order valence-corrected chi connectivity index (χ4v) is 9.95. The van der Waals surface area contributed by atoms with Gasteiger partial charge in [-0.15, -0.1) is 24.5 Å². The number of piperidine rings is 1. The van der Waals surface area contributed by atoms with Crippen molar-refractivity contribution in [2.45, 2.75) is 129 Å². The smallest absolute Gasteiger partial charge is 0.471 e. The molecule has 0 unspecified atom stereocenters. The first-order chi connectivity index (χ1) is 37.0. The highest BCUT2D eigenvalue weighted by atomic mass is 32.1. The van der Waals surface area contributed by atoms with E-state index < -0.39 is 77.5 Å². The molecule has 0 saturated carbocycles. The van der Waals surface area contributed by atoms with Crippen molar-refractivity contribution in [3.63, 3.8) is 0 Å². The van der Waals surface area contributed by atoms with E-state index in [1.165, 1.54) is 34.2 Å². The molecule has 7 rings (SSSR count). The number of nitrogens with one attached hydrogen (secondary N) is 3. The van der Waals surface area contributed by atoms with E-state index in [1.54, 1.807) is 50.1 Å². The molecule has 0 radical (unpaired) electrons. The molecule has 0 bridgehead atoms. The van der Waals surface area contributed by atoms with Crippen molar-refractivity contribution in [2.24, 2.45) is 11.1 Å². The summed E-state index contributed by atoms with van der Waals surface area (Å²) in [5, 5.41) is 19.2. The second-order valence-electron chi connectivity index (χ2n) is 20.5. The lowest BCUT2D eigenvalue weighted by Crippen LogP contribution is -2.57. The Morgan fingerprint density at radius 1 is 0.897 bits per heavy atom. The molecule has 2 aromatic carbocycles. The topological polar surface area (TPSA) is 253 Å². The Kier molecular flexibility index (Phi) is 19.2. The van der Waals surface area contributed by atoms with Crippen LogP contribution >= 0.6 is 11.3 Å². The van der Waals surface area contributed by atoms with Gasteiger partial charge in [0.25, 0.3) is 5.91 Å². The van der Waals surface area contributed by atoms with Crippen LogP contribution in [0.1, 0.15) is 92.9 Å². The third kappa shape index (κ3) is 16.1. The van der Waals surface area contributed by atoms with Crippen LogP contribution in [0, 0.1) is 12.3 Å². The molecule has 0 spiro atoms. The van der Waals surface area contributed by atoms with E-state index in [-0.39, 0.29) is 82.1 Å². The number of ether oxygens (including phenoxy) is 2. The summed E-state index contributed by atoms with van der Waals surface area (Å²) in [4.78, 5) is 95.5. The van der Waals surface area contributed by atoms with E-state index >= 15 is 4.39 Å². The SMILES string of the molecule is Cc1ncsc1-c1ccc(CNC(=O)[C@@H]2C[C@@H](O)CN2C(=O)[C@@H](NC(=O)CCCC(=O)NCCCCn2cnc(-c3cnc(O[C@@H]4CCN(C(=O)Cc5ccc(OC(F)(F)F)cc5)C[C@H]4F)c(C(N)=O)c3)c2)C(C)(C)C)cc1. The van der Waals surface area contributed by atoms with Crippen LogP contribution in [0.3, 0.4) is 0 Å². The van der Waals surface area contributed by atoms with Crippen molar-refractivity contribution in [1.82, 2.24) is 45.3 Å². The summed E-state index contributed by atoms with van der Waals surface area (Å²) in [6.07, 6.45) is -2.17. The Balaban J connectivity index is 0.798. The van der Waals surface area contributed by atoms with E-state index in [2.05, 4.69) is 35.6 Å². The number of aliphatic hydroxyl groups is 1. The first-order valence-electron chi connectivity index (χ1n) is 25.6. The summed E-state index contributed by atoms with van der Waals surface area (Å²) in [6.45, 7) is 8.24. The Bertz CT molecular complexity index is 2910. The summed E-state index contributed by atoms with van der Waals surface area (Å²) in [6, 6.07) is 12.1. The Morgan fingerprint density at radius 2 is 1.62 bits per heavy atom. The van der Waals surface area contributed by atoms with Gasteiger partial charge in [-0.05, 0) is 66.5 Å². The van der Waals surface area contributed by atoms with Crippen LogP contribution in [-0.2, 0) is 43.5 Å². The molecule has 5 aromatic rings. The molecule has 6 N–H and O–H groups in total. The molecule has 19 nitrogen and oxygen atoms in total. The predicted molar refractivity (Wildman–Crippen MR) is 279 cm³/mol. The maximum atomic E-state index is 15.4. The summed E-state index contributed by atoms with van der Waals surface area (Å²) in [5.74, 6) is -3.45. The quantitative estimate of drug-likeness (QED) is 0.0407. The van der Waals surface area contributed by atoms with Crippen LogP contribution in [0.5, 0.6) is 11.6 Å². The fraction of sp³-hybridized carbons (Fsp3) is 0.463. The first kappa shape index (κ1) is 58.2. The standard InChI is InChI=1S/C54H64F4N10O9S/c1-32-47(78-31-64-32)35-14-10-34(11-15-35)25-61-50(74)42-24-37(69)27-68(42)52(75)48(53(2,3)4)65-45(71)9-7-8-44(70)60-19-5-6-20-66-29-41(63-30-66)36-23-39(49(59)73)51(62-26-36)76-43-18-21-67(28-40(43)55)46(72)22-33-12-16-38(17-13-33)77-54(56,57)58/h10-17,23,26,29-31,37,40,42-43,48,69H,5-9,18-22,24-25,27-28H2,1-4H3,(H2,59,73)(H,60,70)(H,61,74)(H,65,71)/t37-,40-,42+,43-,48-/m1/s1. The zero-order valence-electron chi connectivity index (χ0n) is 43.7. The number of imidazole rings is 1. The number of pyridine rings is 1. The number of thiazole rings is 1. The Labute approximate surface area is 452 Å². The van der Waals surface area contributed by atoms with Crippen molar-refractivity contribution < 1.29 is 60.9 Å². The second kappa shape index (κ2) is 25.8. The van der Waals surface area contributed by atoms with Gasteiger partial charge in [0, 0.05) is 76.4 Å². The van der Waals surface area contributed by atoms with E-state index in [9.17, 15) is 47.0 Å². The second-order valence-corrected chi connectivity index (χ2v) is 21.3. The highest BCUT2D eigenvalue weighted by Gasteiger charge is 2.44. The van der Waals surface area contributed by atoms with Crippen molar-refractivity contribution in [2.75, 3.05) is 26.2 Å². The molecule has 5 heterocycles. The summed E-state index contributed by atoms with van der Waals surface area (Å²) >= 11 is 1.55. The Morgan fingerprint density at radius 3 is 2.28 bits per heavy atom. The lowest BCUT2D eigenvalue weighted by atomic mass is 9.85. The highest BCUT2D eigenvalue weighted by Crippen LogP contribution is 2.31. The van der Waals surface area contributed by atoms with Crippen LogP contribution in [0.25, 0.3) is 21.7 Å². The van der Waals surface area contributed by atoms with Gasteiger partial charge in [-0.25, -0.2) is 19.3 Å².